The normalized spacial score (nSPS) is 21.6. The van der Waals surface area contributed by atoms with E-state index in [9.17, 15) is 9.50 Å². The molecule has 0 bridgehead atoms. The van der Waals surface area contributed by atoms with Gasteiger partial charge in [-0.1, -0.05) is 29.8 Å². The van der Waals surface area contributed by atoms with Crippen molar-refractivity contribution in [2.75, 3.05) is 0 Å². The van der Waals surface area contributed by atoms with Gasteiger partial charge in [0.25, 0.3) is 0 Å². The van der Waals surface area contributed by atoms with E-state index in [-0.39, 0.29) is 11.9 Å². The first kappa shape index (κ1) is 12.2. The summed E-state index contributed by atoms with van der Waals surface area (Å²) in [6.45, 7) is 2.02. The lowest BCUT2D eigenvalue weighted by Crippen LogP contribution is -2.19. The fourth-order valence-corrected chi connectivity index (χ4v) is 2.49. The van der Waals surface area contributed by atoms with Gasteiger partial charge in [0.1, 0.15) is 17.7 Å². The van der Waals surface area contributed by atoms with E-state index in [2.05, 4.69) is 0 Å². The zero-order valence-corrected chi connectivity index (χ0v) is 10.6. The molecule has 2 aromatic carbocycles. The molecule has 0 aliphatic carbocycles. The van der Waals surface area contributed by atoms with Gasteiger partial charge in [0, 0.05) is 12.0 Å². The van der Waals surface area contributed by atoms with E-state index in [1.54, 1.807) is 6.07 Å². The van der Waals surface area contributed by atoms with Crippen LogP contribution in [0.3, 0.4) is 0 Å². The summed E-state index contributed by atoms with van der Waals surface area (Å²) in [6.07, 6.45) is -0.433. The van der Waals surface area contributed by atoms with Gasteiger partial charge in [0.15, 0.2) is 0 Å². The number of hydrogen-bond donors (Lipinski definition) is 1. The molecule has 2 atom stereocenters. The molecule has 2 unspecified atom stereocenters. The van der Waals surface area contributed by atoms with Gasteiger partial charge in [-0.25, -0.2) is 4.39 Å². The van der Waals surface area contributed by atoms with Crippen molar-refractivity contribution in [2.45, 2.75) is 25.6 Å². The standard InChI is InChI=1S/C16H15FO2/c1-10-3-2-4-11(7-10)16-9-14(18)13-8-12(17)5-6-15(13)19-16/h2-8,14,16,18H,9H2,1H3. The van der Waals surface area contributed by atoms with Crippen molar-refractivity contribution in [3.05, 3.63) is 65.0 Å². The second-order valence-corrected chi connectivity index (χ2v) is 4.95. The Balaban J connectivity index is 1.95. The fourth-order valence-electron chi connectivity index (χ4n) is 2.49. The molecular formula is C16H15FO2. The third-order valence-corrected chi connectivity index (χ3v) is 3.45. The summed E-state index contributed by atoms with van der Waals surface area (Å²) in [5, 5.41) is 10.1. The second-order valence-electron chi connectivity index (χ2n) is 4.95. The van der Waals surface area contributed by atoms with Crippen LogP contribution in [-0.4, -0.2) is 5.11 Å². The van der Waals surface area contributed by atoms with Gasteiger partial charge in [-0.05, 0) is 30.7 Å². The summed E-state index contributed by atoms with van der Waals surface area (Å²) in [5.74, 6) is 0.210. The first-order valence-electron chi connectivity index (χ1n) is 6.34. The predicted molar refractivity (Wildman–Crippen MR) is 70.5 cm³/mol. The van der Waals surface area contributed by atoms with E-state index < -0.39 is 6.10 Å². The zero-order chi connectivity index (χ0) is 13.4. The minimum absolute atomic E-state index is 0.187. The minimum atomic E-state index is -0.690. The molecule has 0 fully saturated rings. The number of aliphatic hydroxyl groups is 1. The van der Waals surface area contributed by atoms with Crippen LogP contribution in [0.1, 0.15) is 35.3 Å². The van der Waals surface area contributed by atoms with Gasteiger partial charge in [-0.3, -0.25) is 0 Å². The summed E-state index contributed by atoms with van der Waals surface area (Å²) < 4.78 is 19.0. The van der Waals surface area contributed by atoms with Gasteiger partial charge >= 0.3 is 0 Å². The average molecular weight is 258 g/mol. The van der Waals surface area contributed by atoms with E-state index in [1.807, 2.05) is 31.2 Å². The molecule has 2 nitrogen and oxygen atoms in total. The van der Waals surface area contributed by atoms with Gasteiger partial charge < -0.3 is 9.84 Å². The number of benzene rings is 2. The monoisotopic (exact) mass is 258 g/mol. The molecule has 1 aliphatic rings. The zero-order valence-electron chi connectivity index (χ0n) is 10.6. The molecule has 1 aliphatic heterocycles. The van der Waals surface area contributed by atoms with Gasteiger partial charge in [-0.2, -0.15) is 0 Å². The highest BCUT2D eigenvalue weighted by Gasteiger charge is 2.28. The Morgan fingerprint density at radius 2 is 2.05 bits per heavy atom. The molecule has 0 radical (unpaired) electrons. The summed E-state index contributed by atoms with van der Waals surface area (Å²) in [6, 6.07) is 12.3. The van der Waals surface area contributed by atoms with Crippen molar-refractivity contribution in [1.82, 2.24) is 0 Å². The third kappa shape index (κ3) is 2.34. The molecule has 2 aromatic rings. The summed E-state index contributed by atoms with van der Waals surface area (Å²) in [7, 11) is 0. The maximum atomic E-state index is 13.2. The Kier molecular flexibility index (Phi) is 2.99. The Morgan fingerprint density at radius 1 is 1.21 bits per heavy atom. The molecule has 0 amide bonds. The smallest absolute Gasteiger partial charge is 0.127 e. The summed E-state index contributed by atoms with van der Waals surface area (Å²) >= 11 is 0. The molecule has 19 heavy (non-hydrogen) atoms. The molecule has 0 saturated carbocycles. The molecule has 3 rings (SSSR count). The molecule has 3 heteroatoms. The number of hydrogen-bond acceptors (Lipinski definition) is 2. The number of ether oxygens (including phenoxy) is 1. The van der Waals surface area contributed by atoms with Gasteiger partial charge in [-0.15, -0.1) is 0 Å². The maximum Gasteiger partial charge on any atom is 0.127 e. The van der Waals surface area contributed by atoms with Crippen molar-refractivity contribution in [3.8, 4) is 5.75 Å². The van der Waals surface area contributed by atoms with E-state index >= 15 is 0 Å². The van der Waals surface area contributed by atoms with Crippen molar-refractivity contribution in [2.24, 2.45) is 0 Å². The van der Waals surface area contributed by atoms with Gasteiger partial charge in [0.2, 0.25) is 0 Å². The Morgan fingerprint density at radius 3 is 2.84 bits per heavy atom. The van der Waals surface area contributed by atoms with Crippen LogP contribution in [0.15, 0.2) is 42.5 Å². The van der Waals surface area contributed by atoms with Crippen LogP contribution in [0, 0.1) is 12.7 Å². The minimum Gasteiger partial charge on any atom is -0.485 e. The highest BCUT2D eigenvalue weighted by atomic mass is 19.1. The molecule has 0 spiro atoms. The van der Waals surface area contributed by atoms with Crippen molar-refractivity contribution >= 4 is 0 Å². The molecular weight excluding hydrogens is 243 g/mol. The van der Waals surface area contributed by atoms with Gasteiger partial charge in [0.05, 0.1) is 6.10 Å². The highest BCUT2D eigenvalue weighted by Crippen LogP contribution is 2.40. The quantitative estimate of drug-likeness (QED) is 0.845. The number of halogens is 1. The van der Waals surface area contributed by atoms with Crippen LogP contribution in [0.4, 0.5) is 4.39 Å². The predicted octanol–water partition coefficient (Wildman–Crippen LogP) is 3.69. The molecule has 0 aromatic heterocycles. The Hall–Kier alpha value is -1.87. The number of rotatable bonds is 1. The first-order chi connectivity index (χ1) is 9.13. The van der Waals surface area contributed by atoms with E-state index in [1.165, 1.54) is 12.1 Å². The Labute approximate surface area is 111 Å². The van der Waals surface area contributed by atoms with E-state index in [4.69, 9.17) is 4.74 Å². The number of aryl methyl sites for hydroxylation is 1. The van der Waals surface area contributed by atoms with E-state index in [0.29, 0.717) is 17.7 Å². The van der Waals surface area contributed by atoms with Crippen LogP contribution < -0.4 is 4.74 Å². The molecule has 0 saturated heterocycles. The van der Waals surface area contributed by atoms with Crippen LogP contribution in [0.5, 0.6) is 5.75 Å². The topological polar surface area (TPSA) is 29.5 Å². The fraction of sp³-hybridized carbons (Fsp3) is 0.250. The van der Waals surface area contributed by atoms with Crippen molar-refractivity contribution in [1.29, 1.82) is 0 Å². The SMILES string of the molecule is Cc1cccc(C2CC(O)c3cc(F)ccc3O2)c1. The first-order valence-corrected chi connectivity index (χ1v) is 6.34. The summed E-state index contributed by atoms with van der Waals surface area (Å²) in [4.78, 5) is 0. The lowest BCUT2D eigenvalue weighted by molar-refractivity contribution is 0.0653. The number of fused-ring (bicyclic) bond motifs is 1. The van der Waals surface area contributed by atoms with Crippen LogP contribution in [0.25, 0.3) is 0 Å². The average Bonchev–Trinajstić information content (AvgIpc) is 2.39. The molecule has 98 valence electrons. The van der Waals surface area contributed by atoms with Crippen LogP contribution in [0.2, 0.25) is 0 Å². The maximum absolute atomic E-state index is 13.2. The Bertz CT molecular complexity index is 609. The second kappa shape index (κ2) is 4.67. The number of aliphatic hydroxyl groups excluding tert-OH is 1. The summed E-state index contributed by atoms with van der Waals surface area (Å²) in [5.41, 5.74) is 2.72. The third-order valence-electron chi connectivity index (χ3n) is 3.45. The largest absolute Gasteiger partial charge is 0.485 e. The molecule has 1 heterocycles. The van der Waals surface area contributed by atoms with Crippen LogP contribution >= 0.6 is 0 Å². The molecule has 1 N–H and O–H groups in total. The lowest BCUT2D eigenvalue weighted by atomic mass is 9.94. The highest BCUT2D eigenvalue weighted by molar-refractivity contribution is 5.39. The lowest BCUT2D eigenvalue weighted by Gasteiger charge is -2.30. The van der Waals surface area contributed by atoms with Crippen molar-refractivity contribution in [3.63, 3.8) is 0 Å². The van der Waals surface area contributed by atoms with Crippen molar-refractivity contribution < 1.29 is 14.2 Å². The van der Waals surface area contributed by atoms with Crippen LogP contribution in [-0.2, 0) is 0 Å². The van der Waals surface area contributed by atoms with E-state index in [0.717, 1.165) is 11.1 Å².